The van der Waals surface area contributed by atoms with Gasteiger partial charge >= 0.3 is 0 Å². The number of hydrogen-bond acceptors (Lipinski definition) is 5. The Labute approximate surface area is 123 Å². The molecule has 2 rings (SSSR count). The summed E-state index contributed by atoms with van der Waals surface area (Å²) >= 11 is 0. The molecule has 0 saturated carbocycles. The Bertz CT molecular complexity index is 704. The molecule has 1 amide bonds. The highest BCUT2D eigenvalue weighted by molar-refractivity contribution is 5.98. The fourth-order valence-electron chi connectivity index (χ4n) is 1.55. The van der Waals surface area contributed by atoms with Gasteiger partial charge in [0.2, 0.25) is 0 Å². The molecule has 0 aliphatic carbocycles. The summed E-state index contributed by atoms with van der Waals surface area (Å²) in [5.41, 5.74) is 24.7. The second kappa shape index (κ2) is 6.82. The second-order valence-corrected chi connectivity index (χ2v) is 4.40. The number of nitrogens with two attached hydrogens (primary N) is 4. The fraction of sp³-hybridized carbons (Fsp3) is 0.0667. The normalized spacial score (nSPS) is 9.14. The van der Waals surface area contributed by atoms with E-state index < -0.39 is 5.91 Å². The van der Waals surface area contributed by atoms with Crippen LogP contribution in [0.3, 0.4) is 0 Å². The minimum atomic E-state index is -0.560. The molecule has 0 aliphatic rings. The highest BCUT2D eigenvalue weighted by atomic mass is 16.1. The van der Waals surface area contributed by atoms with Crippen LogP contribution >= 0.6 is 0 Å². The SMILES string of the molecule is Cc1ccc(N)cc1C#N.NC(=O)c1cc(N)ccc1N. The lowest BCUT2D eigenvalue weighted by Gasteiger charge is -2.01. The van der Waals surface area contributed by atoms with Gasteiger partial charge in [-0.3, -0.25) is 4.79 Å². The van der Waals surface area contributed by atoms with Gasteiger partial charge in [0.15, 0.2) is 0 Å². The van der Waals surface area contributed by atoms with Crippen molar-refractivity contribution in [2.75, 3.05) is 17.2 Å². The zero-order valence-electron chi connectivity index (χ0n) is 11.6. The predicted octanol–water partition coefficient (Wildman–Crippen LogP) is 1.40. The van der Waals surface area contributed by atoms with Gasteiger partial charge in [-0.2, -0.15) is 5.26 Å². The Morgan fingerprint density at radius 3 is 2.10 bits per heavy atom. The smallest absolute Gasteiger partial charge is 0.250 e. The molecule has 0 atom stereocenters. The monoisotopic (exact) mass is 283 g/mol. The fourth-order valence-corrected chi connectivity index (χ4v) is 1.55. The van der Waals surface area contributed by atoms with Crippen molar-refractivity contribution in [3.63, 3.8) is 0 Å². The number of primary amides is 1. The summed E-state index contributed by atoms with van der Waals surface area (Å²) in [6.45, 7) is 1.89. The Morgan fingerprint density at radius 2 is 1.62 bits per heavy atom. The van der Waals surface area contributed by atoms with Crippen LogP contribution in [0, 0.1) is 18.3 Å². The van der Waals surface area contributed by atoms with E-state index in [-0.39, 0.29) is 5.56 Å². The molecular formula is C15H17N5O. The first-order valence-corrected chi connectivity index (χ1v) is 6.06. The van der Waals surface area contributed by atoms with E-state index >= 15 is 0 Å². The van der Waals surface area contributed by atoms with E-state index in [9.17, 15) is 4.79 Å². The van der Waals surface area contributed by atoms with E-state index in [4.69, 9.17) is 28.2 Å². The molecule has 0 radical (unpaired) electrons. The quantitative estimate of drug-likeness (QED) is 0.584. The predicted molar refractivity (Wildman–Crippen MR) is 84.1 cm³/mol. The summed E-state index contributed by atoms with van der Waals surface area (Å²) in [7, 11) is 0. The Morgan fingerprint density at radius 1 is 1.05 bits per heavy atom. The number of carbonyl (C=O) groups excluding carboxylic acids is 1. The first kappa shape index (κ1) is 15.9. The second-order valence-electron chi connectivity index (χ2n) is 4.40. The number of aryl methyl sites for hydroxylation is 1. The largest absolute Gasteiger partial charge is 0.399 e. The van der Waals surface area contributed by atoms with Gasteiger partial charge in [-0.15, -0.1) is 0 Å². The molecule has 6 nitrogen and oxygen atoms in total. The number of hydrogen-bond donors (Lipinski definition) is 4. The van der Waals surface area contributed by atoms with Crippen LogP contribution in [0.15, 0.2) is 36.4 Å². The highest BCUT2D eigenvalue weighted by Crippen LogP contribution is 2.14. The van der Waals surface area contributed by atoms with E-state index in [0.29, 0.717) is 22.6 Å². The van der Waals surface area contributed by atoms with Crippen molar-refractivity contribution >= 4 is 23.0 Å². The van der Waals surface area contributed by atoms with Crippen molar-refractivity contribution in [3.05, 3.63) is 53.1 Å². The van der Waals surface area contributed by atoms with Crippen molar-refractivity contribution in [1.82, 2.24) is 0 Å². The molecule has 0 bridgehead atoms. The van der Waals surface area contributed by atoms with Crippen LogP contribution < -0.4 is 22.9 Å². The van der Waals surface area contributed by atoms with Crippen LogP contribution in [0.4, 0.5) is 17.1 Å². The van der Waals surface area contributed by atoms with Gasteiger partial charge < -0.3 is 22.9 Å². The van der Waals surface area contributed by atoms with Gasteiger partial charge in [0.25, 0.3) is 5.91 Å². The number of amides is 1. The number of nitriles is 1. The lowest BCUT2D eigenvalue weighted by atomic mass is 10.1. The van der Waals surface area contributed by atoms with E-state index in [0.717, 1.165) is 5.56 Å². The van der Waals surface area contributed by atoms with Crippen molar-refractivity contribution in [2.45, 2.75) is 6.92 Å². The molecule has 108 valence electrons. The van der Waals surface area contributed by atoms with E-state index in [2.05, 4.69) is 6.07 Å². The Kier molecular flexibility index (Phi) is 5.15. The van der Waals surface area contributed by atoms with Crippen LogP contribution in [-0.4, -0.2) is 5.91 Å². The van der Waals surface area contributed by atoms with Gasteiger partial charge in [-0.05, 0) is 42.8 Å². The Balaban J connectivity index is 0.000000211. The molecule has 0 heterocycles. The molecule has 2 aromatic carbocycles. The lowest BCUT2D eigenvalue weighted by Crippen LogP contribution is -2.13. The third-order valence-corrected chi connectivity index (χ3v) is 2.72. The summed E-state index contributed by atoms with van der Waals surface area (Å²) < 4.78 is 0. The zero-order valence-corrected chi connectivity index (χ0v) is 11.6. The van der Waals surface area contributed by atoms with E-state index in [1.807, 2.05) is 13.0 Å². The van der Waals surface area contributed by atoms with Crippen LogP contribution in [0.5, 0.6) is 0 Å². The van der Waals surface area contributed by atoms with Crippen molar-refractivity contribution in [1.29, 1.82) is 5.26 Å². The van der Waals surface area contributed by atoms with Crippen LogP contribution in [0.25, 0.3) is 0 Å². The number of rotatable bonds is 1. The summed E-state index contributed by atoms with van der Waals surface area (Å²) in [5, 5.41) is 8.54. The van der Waals surface area contributed by atoms with Gasteiger partial charge in [0.05, 0.1) is 17.2 Å². The maximum atomic E-state index is 10.7. The summed E-state index contributed by atoms with van der Waals surface area (Å²) in [5.74, 6) is -0.560. The number of anilines is 3. The van der Waals surface area contributed by atoms with Crippen LogP contribution in [-0.2, 0) is 0 Å². The molecular weight excluding hydrogens is 266 g/mol. The first-order valence-electron chi connectivity index (χ1n) is 6.06. The molecule has 21 heavy (non-hydrogen) atoms. The van der Waals surface area contributed by atoms with E-state index in [1.165, 1.54) is 6.07 Å². The minimum absolute atomic E-state index is 0.269. The lowest BCUT2D eigenvalue weighted by molar-refractivity contribution is 0.100. The van der Waals surface area contributed by atoms with Crippen molar-refractivity contribution < 1.29 is 4.79 Å². The average molecular weight is 283 g/mol. The number of benzene rings is 2. The van der Waals surface area contributed by atoms with Gasteiger partial charge in [-0.25, -0.2) is 0 Å². The standard InChI is InChI=1S/C8H8N2.C7H9N3O/c1-6-2-3-8(10)4-7(6)5-9;8-4-1-2-6(9)5(3-4)7(10)11/h2-4H,10H2,1H3;1-3H,8-9H2,(H2,10,11). The third-order valence-electron chi connectivity index (χ3n) is 2.72. The summed E-state index contributed by atoms with van der Waals surface area (Å²) in [4.78, 5) is 10.7. The Hall–Kier alpha value is -3.20. The number of nitrogen functional groups attached to an aromatic ring is 3. The summed E-state index contributed by atoms with van der Waals surface area (Å²) in [6.07, 6.45) is 0. The van der Waals surface area contributed by atoms with Gasteiger partial charge in [-0.1, -0.05) is 6.07 Å². The van der Waals surface area contributed by atoms with Gasteiger partial charge in [0, 0.05) is 17.1 Å². The third kappa shape index (κ3) is 4.44. The molecule has 0 fully saturated rings. The minimum Gasteiger partial charge on any atom is -0.399 e. The van der Waals surface area contributed by atoms with Crippen molar-refractivity contribution in [2.24, 2.45) is 5.73 Å². The van der Waals surface area contributed by atoms with Crippen molar-refractivity contribution in [3.8, 4) is 6.07 Å². The molecule has 0 aromatic heterocycles. The van der Waals surface area contributed by atoms with Gasteiger partial charge in [0.1, 0.15) is 0 Å². The molecule has 8 N–H and O–H groups in total. The maximum absolute atomic E-state index is 10.7. The number of nitrogens with zero attached hydrogens (tertiary/aromatic N) is 1. The molecule has 0 spiro atoms. The highest BCUT2D eigenvalue weighted by Gasteiger charge is 2.04. The topological polar surface area (TPSA) is 145 Å². The summed E-state index contributed by atoms with van der Waals surface area (Å²) in [6, 6.07) is 12.0. The molecule has 6 heteroatoms. The molecule has 0 aliphatic heterocycles. The zero-order chi connectivity index (χ0) is 16.0. The van der Waals surface area contributed by atoms with E-state index in [1.54, 1.807) is 24.3 Å². The average Bonchev–Trinajstić information content (AvgIpc) is 2.44. The molecule has 0 saturated heterocycles. The maximum Gasteiger partial charge on any atom is 0.250 e. The molecule has 2 aromatic rings. The number of carbonyl (C=O) groups is 1. The molecule has 0 unspecified atom stereocenters. The first-order chi connectivity index (χ1) is 9.85. The van der Waals surface area contributed by atoms with Crippen LogP contribution in [0.2, 0.25) is 0 Å². The van der Waals surface area contributed by atoms with Crippen LogP contribution in [0.1, 0.15) is 21.5 Å².